The molecule has 5 fully saturated rings. The van der Waals surface area contributed by atoms with Crippen molar-refractivity contribution in [2.45, 2.75) is 83.2 Å². The summed E-state index contributed by atoms with van der Waals surface area (Å²) in [6, 6.07) is 0.853. The van der Waals surface area contributed by atoms with Crippen molar-refractivity contribution in [3.05, 3.63) is 0 Å². The molecule has 0 saturated heterocycles. The third-order valence-corrected chi connectivity index (χ3v) is 7.18. The van der Waals surface area contributed by atoms with Crippen LogP contribution in [0.4, 0.5) is 4.79 Å². The molecule has 0 aromatic heterocycles. The normalized spacial score (nSPS) is 42.1. The second-order valence-corrected chi connectivity index (χ2v) is 8.75. The van der Waals surface area contributed by atoms with Crippen LogP contribution in [0.3, 0.4) is 0 Å². The van der Waals surface area contributed by atoms with Crippen molar-refractivity contribution in [2.24, 2.45) is 29.6 Å². The first-order chi connectivity index (χ1) is 10.7. The Kier molecular flexibility index (Phi) is 4.08. The zero-order chi connectivity index (χ0) is 15.1. The van der Waals surface area contributed by atoms with Crippen molar-refractivity contribution in [3.8, 4) is 0 Å². The van der Waals surface area contributed by atoms with Gasteiger partial charge in [0.25, 0.3) is 0 Å². The minimum atomic E-state index is 0.0909. The summed E-state index contributed by atoms with van der Waals surface area (Å²) in [5, 5.41) is 6.53. The van der Waals surface area contributed by atoms with Crippen LogP contribution >= 0.6 is 0 Å². The third kappa shape index (κ3) is 2.88. The van der Waals surface area contributed by atoms with Gasteiger partial charge in [-0.05, 0) is 81.5 Å². The maximum absolute atomic E-state index is 12.3. The van der Waals surface area contributed by atoms with E-state index in [0.717, 1.165) is 29.6 Å². The van der Waals surface area contributed by atoms with Crippen molar-refractivity contribution in [3.63, 3.8) is 0 Å². The topological polar surface area (TPSA) is 41.1 Å². The van der Waals surface area contributed by atoms with E-state index in [1.165, 1.54) is 64.2 Å². The highest BCUT2D eigenvalue weighted by Gasteiger charge is 2.49. The van der Waals surface area contributed by atoms with Gasteiger partial charge in [-0.1, -0.05) is 19.3 Å². The SMILES string of the molecule is CC(NC(=O)NC1CCCCC1)C1C2CC3CC(C2)CC1C3. The number of nitrogens with one attached hydrogen (secondary N) is 2. The number of hydrogen-bond acceptors (Lipinski definition) is 1. The molecule has 0 radical (unpaired) electrons. The van der Waals surface area contributed by atoms with E-state index in [2.05, 4.69) is 17.6 Å². The fourth-order valence-electron chi connectivity index (χ4n) is 6.56. The van der Waals surface area contributed by atoms with Crippen molar-refractivity contribution >= 4 is 6.03 Å². The number of rotatable bonds is 3. The largest absolute Gasteiger partial charge is 0.335 e. The van der Waals surface area contributed by atoms with Crippen LogP contribution in [-0.2, 0) is 0 Å². The summed E-state index contributed by atoms with van der Waals surface area (Å²) >= 11 is 0. The van der Waals surface area contributed by atoms with E-state index >= 15 is 0 Å². The predicted octanol–water partition coefficient (Wildman–Crippen LogP) is 4.08. The van der Waals surface area contributed by atoms with Gasteiger partial charge in [0.05, 0.1) is 0 Å². The molecule has 124 valence electrons. The van der Waals surface area contributed by atoms with Gasteiger partial charge in [-0.15, -0.1) is 0 Å². The van der Waals surface area contributed by atoms with Gasteiger partial charge in [-0.2, -0.15) is 0 Å². The van der Waals surface area contributed by atoms with Gasteiger partial charge < -0.3 is 10.6 Å². The number of urea groups is 1. The minimum Gasteiger partial charge on any atom is -0.335 e. The lowest BCUT2D eigenvalue weighted by Gasteiger charge is -2.56. The lowest BCUT2D eigenvalue weighted by atomic mass is 9.50. The molecule has 5 aliphatic carbocycles. The third-order valence-electron chi connectivity index (χ3n) is 7.18. The molecule has 22 heavy (non-hydrogen) atoms. The minimum absolute atomic E-state index is 0.0909. The van der Waals surface area contributed by atoms with Crippen molar-refractivity contribution in [2.75, 3.05) is 0 Å². The quantitative estimate of drug-likeness (QED) is 0.810. The molecule has 1 unspecified atom stereocenters. The molecule has 4 bridgehead atoms. The Morgan fingerprint density at radius 3 is 2.09 bits per heavy atom. The molecular formula is C19H32N2O. The summed E-state index contributed by atoms with van der Waals surface area (Å²) in [6.45, 7) is 2.26. The van der Waals surface area contributed by atoms with Crippen LogP contribution in [0, 0.1) is 29.6 Å². The predicted molar refractivity (Wildman–Crippen MR) is 88.5 cm³/mol. The van der Waals surface area contributed by atoms with E-state index in [1.54, 1.807) is 0 Å². The molecule has 5 rings (SSSR count). The van der Waals surface area contributed by atoms with Crippen molar-refractivity contribution in [1.29, 1.82) is 0 Å². The van der Waals surface area contributed by atoms with Crippen LogP contribution in [0.25, 0.3) is 0 Å². The maximum Gasteiger partial charge on any atom is 0.315 e. The molecule has 2 N–H and O–H groups in total. The second-order valence-electron chi connectivity index (χ2n) is 8.75. The summed E-state index contributed by atoms with van der Waals surface area (Å²) in [7, 11) is 0. The lowest BCUT2D eigenvalue weighted by molar-refractivity contribution is -0.0476. The van der Waals surface area contributed by atoms with Gasteiger partial charge in [0.2, 0.25) is 0 Å². The van der Waals surface area contributed by atoms with Gasteiger partial charge in [-0.3, -0.25) is 0 Å². The zero-order valence-corrected chi connectivity index (χ0v) is 14.0. The summed E-state index contributed by atoms with van der Waals surface area (Å²) in [5.74, 6) is 4.55. The van der Waals surface area contributed by atoms with Crippen LogP contribution in [0.15, 0.2) is 0 Å². The highest BCUT2D eigenvalue weighted by Crippen LogP contribution is 2.57. The summed E-state index contributed by atoms with van der Waals surface area (Å²) in [4.78, 5) is 12.3. The first-order valence-corrected chi connectivity index (χ1v) is 9.76. The molecule has 5 saturated carbocycles. The highest BCUT2D eigenvalue weighted by molar-refractivity contribution is 5.74. The van der Waals surface area contributed by atoms with Crippen LogP contribution in [0.5, 0.6) is 0 Å². The van der Waals surface area contributed by atoms with E-state index in [0.29, 0.717) is 12.1 Å². The fraction of sp³-hybridized carbons (Fsp3) is 0.947. The van der Waals surface area contributed by atoms with Crippen LogP contribution in [-0.4, -0.2) is 18.1 Å². The first kappa shape index (κ1) is 14.8. The van der Waals surface area contributed by atoms with E-state index < -0.39 is 0 Å². The maximum atomic E-state index is 12.3. The van der Waals surface area contributed by atoms with Crippen LogP contribution in [0.2, 0.25) is 0 Å². The smallest absolute Gasteiger partial charge is 0.315 e. The van der Waals surface area contributed by atoms with Crippen LogP contribution < -0.4 is 10.6 Å². The molecule has 0 aromatic carbocycles. The molecule has 0 heterocycles. The molecule has 5 aliphatic rings. The zero-order valence-electron chi connectivity index (χ0n) is 14.0. The Morgan fingerprint density at radius 1 is 0.909 bits per heavy atom. The molecule has 0 aromatic rings. The Bertz CT molecular complexity index is 388. The van der Waals surface area contributed by atoms with Gasteiger partial charge in [0.1, 0.15) is 0 Å². The molecule has 0 aliphatic heterocycles. The van der Waals surface area contributed by atoms with Gasteiger partial charge >= 0.3 is 6.03 Å². The fourth-order valence-corrected chi connectivity index (χ4v) is 6.56. The van der Waals surface area contributed by atoms with Gasteiger partial charge in [0.15, 0.2) is 0 Å². The number of amides is 2. The Balaban J connectivity index is 1.32. The second kappa shape index (κ2) is 6.05. The average Bonchev–Trinajstić information content (AvgIpc) is 2.46. The van der Waals surface area contributed by atoms with E-state index in [4.69, 9.17) is 0 Å². The Hall–Kier alpha value is -0.730. The standard InChI is InChI=1S/C19H32N2O/c1-12(20-19(22)21-17-5-3-2-4-6-17)18-15-8-13-7-14(10-15)11-16(18)9-13/h12-18H,2-11H2,1H3,(H2,20,21,22). The number of hydrogen-bond donors (Lipinski definition) is 2. The first-order valence-electron chi connectivity index (χ1n) is 9.76. The summed E-state index contributed by atoms with van der Waals surface area (Å²) in [5.41, 5.74) is 0. The summed E-state index contributed by atoms with van der Waals surface area (Å²) in [6.07, 6.45) is 13.5. The Labute approximate surface area is 135 Å². The summed E-state index contributed by atoms with van der Waals surface area (Å²) < 4.78 is 0. The van der Waals surface area contributed by atoms with Crippen molar-refractivity contribution in [1.82, 2.24) is 10.6 Å². The number of carbonyl (C=O) groups excluding carboxylic acids is 1. The van der Waals surface area contributed by atoms with Crippen LogP contribution in [0.1, 0.15) is 71.1 Å². The molecule has 1 atom stereocenters. The van der Waals surface area contributed by atoms with E-state index in [9.17, 15) is 4.79 Å². The molecular weight excluding hydrogens is 272 g/mol. The van der Waals surface area contributed by atoms with E-state index in [-0.39, 0.29) is 6.03 Å². The molecule has 2 amide bonds. The van der Waals surface area contributed by atoms with E-state index in [1.807, 2.05) is 0 Å². The number of carbonyl (C=O) groups is 1. The van der Waals surface area contributed by atoms with Gasteiger partial charge in [0, 0.05) is 12.1 Å². The van der Waals surface area contributed by atoms with Crippen molar-refractivity contribution < 1.29 is 4.79 Å². The van der Waals surface area contributed by atoms with Gasteiger partial charge in [-0.25, -0.2) is 4.79 Å². The Morgan fingerprint density at radius 2 is 1.50 bits per heavy atom. The molecule has 3 nitrogen and oxygen atoms in total. The average molecular weight is 304 g/mol. The molecule has 0 spiro atoms. The monoisotopic (exact) mass is 304 g/mol. The highest BCUT2D eigenvalue weighted by atomic mass is 16.2. The molecule has 3 heteroatoms. The lowest BCUT2D eigenvalue weighted by Crippen LogP contribution is -2.55.